The molecule has 0 saturated carbocycles. The van der Waals surface area contributed by atoms with Crippen LogP contribution < -0.4 is 10.6 Å². The monoisotopic (exact) mass is 342 g/mol. The van der Waals surface area contributed by atoms with Crippen LogP contribution in [-0.2, 0) is 10.2 Å². The van der Waals surface area contributed by atoms with Gasteiger partial charge in [-0.1, -0.05) is 58.0 Å². The van der Waals surface area contributed by atoms with E-state index in [1.165, 1.54) is 6.26 Å². The first-order valence-electron chi connectivity index (χ1n) is 8.49. The molecule has 2 amide bonds. The van der Waals surface area contributed by atoms with Crippen molar-refractivity contribution >= 4 is 11.8 Å². The van der Waals surface area contributed by atoms with Crippen molar-refractivity contribution in [2.75, 3.05) is 6.54 Å². The van der Waals surface area contributed by atoms with E-state index in [9.17, 15) is 9.59 Å². The van der Waals surface area contributed by atoms with Gasteiger partial charge in [0.05, 0.1) is 6.26 Å². The van der Waals surface area contributed by atoms with Crippen LogP contribution in [-0.4, -0.2) is 24.4 Å². The molecule has 0 aliphatic carbocycles. The fourth-order valence-corrected chi connectivity index (χ4v) is 2.56. The standard InChI is InChI=1S/C20H26N2O3/c1-14(2)17(22-18(23)16-11-8-12-25-16)19(24)21-13-20(3,4)15-9-6-5-7-10-15/h5-12,14,17H,13H2,1-4H3,(H,21,24)(H,22,23). The molecule has 0 radical (unpaired) electrons. The van der Waals surface area contributed by atoms with Crippen LogP contribution in [0.15, 0.2) is 53.1 Å². The second kappa shape index (κ2) is 8.01. The number of carbonyl (C=O) groups is 2. The molecule has 1 heterocycles. The minimum atomic E-state index is -0.621. The van der Waals surface area contributed by atoms with Gasteiger partial charge in [-0.3, -0.25) is 9.59 Å². The van der Waals surface area contributed by atoms with Crippen molar-refractivity contribution in [3.8, 4) is 0 Å². The Morgan fingerprint density at radius 3 is 2.32 bits per heavy atom. The topological polar surface area (TPSA) is 71.3 Å². The summed E-state index contributed by atoms with van der Waals surface area (Å²) in [6.07, 6.45) is 1.43. The lowest BCUT2D eigenvalue weighted by molar-refractivity contribution is -0.124. The molecule has 1 unspecified atom stereocenters. The first-order valence-corrected chi connectivity index (χ1v) is 8.49. The summed E-state index contributed by atoms with van der Waals surface area (Å²) in [5.41, 5.74) is 0.944. The van der Waals surface area contributed by atoms with E-state index < -0.39 is 6.04 Å². The number of hydrogen-bond acceptors (Lipinski definition) is 3. The first-order chi connectivity index (χ1) is 11.8. The Morgan fingerprint density at radius 2 is 1.76 bits per heavy atom. The van der Waals surface area contributed by atoms with E-state index in [-0.39, 0.29) is 28.9 Å². The van der Waals surface area contributed by atoms with E-state index in [4.69, 9.17) is 4.42 Å². The van der Waals surface area contributed by atoms with Crippen LogP contribution >= 0.6 is 0 Å². The second-order valence-electron chi connectivity index (χ2n) is 7.14. The smallest absolute Gasteiger partial charge is 0.287 e. The average molecular weight is 342 g/mol. The van der Waals surface area contributed by atoms with E-state index in [1.54, 1.807) is 12.1 Å². The summed E-state index contributed by atoms with van der Waals surface area (Å²) >= 11 is 0. The fourth-order valence-electron chi connectivity index (χ4n) is 2.56. The number of benzene rings is 1. The Kier molecular flexibility index (Phi) is 6.02. The number of rotatable bonds is 7. The molecule has 2 aromatic rings. The van der Waals surface area contributed by atoms with Gasteiger partial charge in [0.25, 0.3) is 5.91 Å². The molecule has 25 heavy (non-hydrogen) atoms. The minimum absolute atomic E-state index is 0.0428. The van der Waals surface area contributed by atoms with E-state index >= 15 is 0 Å². The largest absolute Gasteiger partial charge is 0.459 e. The van der Waals surface area contributed by atoms with E-state index in [2.05, 4.69) is 24.5 Å². The van der Waals surface area contributed by atoms with E-state index in [1.807, 2.05) is 44.2 Å². The maximum Gasteiger partial charge on any atom is 0.287 e. The first kappa shape index (κ1) is 18.8. The Balaban J connectivity index is 1.99. The van der Waals surface area contributed by atoms with Crippen molar-refractivity contribution in [1.29, 1.82) is 0 Å². The Labute approximate surface area is 148 Å². The highest BCUT2D eigenvalue weighted by atomic mass is 16.3. The summed E-state index contributed by atoms with van der Waals surface area (Å²) in [6.45, 7) is 8.43. The maximum absolute atomic E-state index is 12.6. The van der Waals surface area contributed by atoms with Crippen LogP contribution in [0.4, 0.5) is 0 Å². The van der Waals surface area contributed by atoms with Gasteiger partial charge in [0.15, 0.2) is 5.76 Å². The van der Waals surface area contributed by atoms with Crippen molar-refractivity contribution in [3.05, 3.63) is 60.1 Å². The molecule has 1 aromatic heterocycles. The van der Waals surface area contributed by atoms with Gasteiger partial charge in [-0.25, -0.2) is 0 Å². The van der Waals surface area contributed by atoms with E-state index in [0.29, 0.717) is 6.54 Å². The van der Waals surface area contributed by atoms with Gasteiger partial charge in [0.2, 0.25) is 5.91 Å². The van der Waals surface area contributed by atoms with Gasteiger partial charge >= 0.3 is 0 Å². The zero-order chi connectivity index (χ0) is 18.4. The van der Waals surface area contributed by atoms with Crippen molar-refractivity contribution in [2.24, 2.45) is 5.92 Å². The van der Waals surface area contributed by atoms with Gasteiger partial charge in [0, 0.05) is 12.0 Å². The van der Waals surface area contributed by atoms with Crippen molar-refractivity contribution in [2.45, 2.75) is 39.2 Å². The highest BCUT2D eigenvalue weighted by Crippen LogP contribution is 2.21. The van der Waals surface area contributed by atoms with Gasteiger partial charge in [-0.2, -0.15) is 0 Å². The minimum Gasteiger partial charge on any atom is -0.459 e. The molecule has 2 rings (SSSR count). The van der Waals surface area contributed by atoms with Gasteiger partial charge < -0.3 is 15.1 Å². The zero-order valence-corrected chi connectivity index (χ0v) is 15.2. The third-order valence-electron chi connectivity index (χ3n) is 4.24. The highest BCUT2D eigenvalue weighted by molar-refractivity contribution is 5.95. The maximum atomic E-state index is 12.6. The third-order valence-corrected chi connectivity index (χ3v) is 4.24. The number of furan rings is 1. The lowest BCUT2D eigenvalue weighted by atomic mass is 9.84. The van der Waals surface area contributed by atoms with Crippen molar-refractivity contribution in [1.82, 2.24) is 10.6 Å². The molecule has 134 valence electrons. The summed E-state index contributed by atoms with van der Waals surface area (Å²) in [7, 11) is 0. The molecule has 0 saturated heterocycles. The zero-order valence-electron chi connectivity index (χ0n) is 15.2. The molecule has 2 N–H and O–H groups in total. The second-order valence-corrected chi connectivity index (χ2v) is 7.14. The quantitative estimate of drug-likeness (QED) is 0.812. The third kappa shape index (κ3) is 4.95. The van der Waals surface area contributed by atoms with Crippen LogP contribution in [0.25, 0.3) is 0 Å². The molecule has 0 bridgehead atoms. The van der Waals surface area contributed by atoms with Crippen molar-refractivity contribution in [3.63, 3.8) is 0 Å². The predicted molar refractivity (Wildman–Crippen MR) is 97.3 cm³/mol. The van der Waals surface area contributed by atoms with E-state index in [0.717, 1.165) is 5.56 Å². The Hall–Kier alpha value is -2.56. The molecule has 0 aliphatic rings. The van der Waals surface area contributed by atoms with Gasteiger partial charge in [0.1, 0.15) is 6.04 Å². The van der Waals surface area contributed by atoms with Crippen LogP contribution in [0.5, 0.6) is 0 Å². The Morgan fingerprint density at radius 1 is 1.08 bits per heavy atom. The molecule has 0 spiro atoms. The molecular formula is C20H26N2O3. The van der Waals surface area contributed by atoms with Crippen LogP contribution in [0, 0.1) is 5.92 Å². The number of carbonyl (C=O) groups excluding carboxylic acids is 2. The van der Waals surface area contributed by atoms with Gasteiger partial charge in [-0.15, -0.1) is 0 Å². The number of nitrogens with one attached hydrogen (secondary N) is 2. The number of amides is 2. The molecule has 1 atom stereocenters. The summed E-state index contributed by atoms with van der Waals surface area (Å²) in [5.74, 6) is -0.429. The summed E-state index contributed by atoms with van der Waals surface area (Å²) in [6, 6.07) is 12.6. The van der Waals surface area contributed by atoms with Crippen LogP contribution in [0.2, 0.25) is 0 Å². The highest BCUT2D eigenvalue weighted by Gasteiger charge is 2.28. The summed E-state index contributed by atoms with van der Waals surface area (Å²) < 4.78 is 5.08. The molecule has 0 fully saturated rings. The molecule has 5 heteroatoms. The summed E-state index contributed by atoms with van der Waals surface area (Å²) in [4.78, 5) is 24.8. The molecule has 1 aromatic carbocycles. The molecule has 0 aliphatic heterocycles. The fraction of sp³-hybridized carbons (Fsp3) is 0.400. The lowest BCUT2D eigenvalue weighted by Crippen LogP contribution is -2.51. The molecule has 5 nitrogen and oxygen atoms in total. The lowest BCUT2D eigenvalue weighted by Gasteiger charge is -2.28. The SMILES string of the molecule is CC(C)C(NC(=O)c1ccco1)C(=O)NCC(C)(C)c1ccccc1. The normalized spacial score (nSPS) is 12.7. The number of hydrogen-bond donors (Lipinski definition) is 2. The van der Waals surface area contributed by atoms with Crippen molar-refractivity contribution < 1.29 is 14.0 Å². The van der Waals surface area contributed by atoms with Crippen LogP contribution in [0.1, 0.15) is 43.8 Å². The summed E-state index contributed by atoms with van der Waals surface area (Å²) in [5, 5.41) is 5.72. The predicted octanol–water partition coefficient (Wildman–Crippen LogP) is 3.13. The van der Waals surface area contributed by atoms with Crippen LogP contribution in [0.3, 0.4) is 0 Å². The Bertz CT molecular complexity index is 691. The molecular weight excluding hydrogens is 316 g/mol. The average Bonchev–Trinajstić information content (AvgIpc) is 3.12. The van der Waals surface area contributed by atoms with Gasteiger partial charge in [-0.05, 0) is 23.6 Å².